The lowest BCUT2D eigenvalue weighted by Crippen LogP contribution is -2.02. The Morgan fingerprint density at radius 1 is 0.600 bits per heavy atom. The lowest BCUT2D eigenvalue weighted by Gasteiger charge is -2.20. The normalized spacial score (nSPS) is 11.3. The van der Waals surface area contributed by atoms with E-state index in [1.54, 1.807) is 0 Å². The van der Waals surface area contributed by atoms with E-state index in [4.69, 9.17) is 0 Å². The van der Waals surface area contributed by atoms with Crippen LogP contribution < -0.4 is 0 Å². The van der Waals surface area contributed by atoms with E-state index in [2.05, 4.69) is 19.1 Å². The van der Waals surface area contributed by atoms with Crippen LogP contribution in [-0.2, 0) is 0 Å². The van der Waals surface area contributed by atoms with Gasteiger partial charge in [0.15, 0.2) is 0 Å². The van der Waals surface area contributed by atoms with Gasteiger partial charge in [0.05, 0.1) is 0 Å². The van der Waals surface area contributed by atoms with Gasteiger partial charge in [-0.05, 0) is 54.7 Å². The zero-order valence-electron chi connectivity index (χ0n) is 19.4. The number of aryl methyl sites for hydroxylation is 2. The van der Waals surface area contributed by atoms with Gasteiger partial charge in [0.1, 0.15) is 11.5 Å². The van der Waals surface area contributed by atoms with Gasteiger partial charge in [-0.15, -0.1) is 0 Å². The Morgan fingerprint density at radius 2 is 1.00 bits per heavy atom. The first-order valence-electron chi connectivity index (χ1n) is 12.1. The van der Waals surface area contributed by atoms with E-state index >= 15 is 0 Å². The van der Waals surface area contributed by atoms with Crippen LogP contribution in [0.15, 0.2) is 36.4 Å². The van der Waals surface area contributed by atoms with Crippen molar-refractivity contribution in [2.24, 2.45) is 0 Å². The van der Waals surface area contributed by atoms with Crippen molar-refractivity contribution in [2.75, 3.05) is 0 Å². The molecule has 0 radical (unpaired) electrons. The molecule has 0 amide bonds. The minimum atomic E-state index is 0.308. The lowest BCUT2D eigenvalue weighted by molar-refractivity contribution is 0.470. The molecule has 0 saturated carbocycles. The molecule has 0 atom stereocenters. The average Bonchev–Trinajstić information content (AvgIpc) is 2.73. The number of phenols is 2. The summed E-state index contributed by atoms with van der Waals surface area (Å²) in [6, 6.07) is 11.9. The number of benzene rings is 2. The number of phenolic OH excluding ortho intramolecular Hbond substituents is 2. The molecule has 0 aliphatic rings. The van der Waals surface area contributed by atoms with Crippen molar-refractivity contribution in [3.05, 3.63) is 58.7 Å². The van der Waals surface area contributed by atoms with Crippen LogP contribution >= 0.6 is 0 Å². The molecule has 0 unspecified atom stereocenters. The Bertz CT molecular complexity index is 699. The van der Waals surface area contributed by atoms with Crippen LogP contribution in [0.1, 0.15) is 112 Å². The summed E-state index contributed by atoms with van der Waals surface area (Å²) < 4.78 is 0. The van der Waals surface area contributed by atoms with Gasteiger partial charge in [0.25, 0.3) is 0 Å². The van der Waals surface area contributed by atoms with Crippen molar-refractivity contribution < 1.29 is 10.2 Å². The molecule has 0 saturated heterocycles. The summed E-state index contributed by atoms with van der Waals surface area (Å²) >= 11 is 0. The Morgan fingerprint density at radius 3 is 1.40 bits per heavy atom. The van der Waals surface area contributed by atoms with Crippen LogP contribution in [0, 0.1) is 13.8 Å². The van der Waals surface area contributed by atoms with Crippen LogP contribution in [0.2, 0.25) is 0 Å². The van der Waals surface area contributed by atoms with Gasteiger partial charge in [-0.2, -0.15) is 0 Å². The van der Waals surface area contributed by atoms with Gasteiger partial charge in [-0.1, -0.05) is 102 Å². The summed E-state index contributed by atoms with van der Waals surface area (Å²) in [5.41, 5.74) is 4.35. The predicted octanol–water partition coefficient (Wildman–Crippen LogP) is 8.55. The second-order valence-electron chi connectivity index (χ2n) is 8.97. The fourth-order valence-corrected chi connectivity index (χ4v) is 4.33. The molecule has 2 N–H and O–H groups in total. The highest BCUT2D eigenvalue weighted by molar-refractivity contribution is 5.43. The predicted molar refractivity (Wildman–Crippen MR) is 129 cm³/mol. The first-order valence-corrected chi connectivity index (χ1v) is 12.1. The minimum absolute atomic E-state index is 0.308. The maximum absolute atomic E-state index is 9.92. The lowest BCUT2D eigenvalue weighted by atomic mass is 9.85. The van der Waals surface area contributed by atoms with Crippen molar-refractivity contribution in [2.45, 2.75) is 104 Å². The van der Waals surface area contributed by atoms with Crippen LogP contribution in [0.25, 0.3) is 0 Å². The van der Waals surface area contributed by atoms with Gasteiger partial charge >= 0.3 is 0 Å². The summed E-state index contributed by atoms with van der Waals surface area (Å²) in [4.78, 5) is 0. The number of unbranched alkanes of at least 4 members (excludes halogenated alkanes) is 10. The second kappa shape index (κ2) is 13.4. The molecule has 0 bridgehead atoms. The Labute approximate surface area is 184 Å². The van der Waals surface area contributed by atoms with E-state index in [0.717, 1.165) is 17.5 Å². The summed E-state index contributed by atoms with van der Waals surface area (Å²) in [5.74, 6) is 1.02. The number of hydrogen-bond acceptors (Lipinski definition) is 2. The third-order valence-corrected chi connectivity index (χ3v) is 6.34. The summed E-state index contributed by atoms with van der Waals surface area (Å²) in [5, 5.41) is 19.8. The standard InChI is InChI=1S/C28H42O2/c1-4-5-6-7-8-9-10-11-12-13-14-15-26(24-16-18-27(29)22(2)20-24)25-17-19-28(30)23(3)21-25/h16-21,26,29-30H,4-15H2,1-3H3. The zero-order valence-corrected chi connectivity index (χ0v) is 19.4. The molecule has 0 fully saturated rings. The molecule has 30 heavy (non-hydrogen) atoms. The van der Waals surface area contributed by atoms with E-state index < -0.39 is 0 Å². The van der Waals surface area contributed by atoms with Gasteiger partial charge in [-0.25, -0.2) is 0 Å². The van der Waals surface area contributed by atoms with E-state index in [1.165, 1.54) is 81.8 Å². The Kier molecular flexibility index (Phi) is 10.8. The molecule has 0 spiro atoms. The molecule has 2 rings (SSSR count). The maximum Gasteiger partial charge on any atom is 0.118 e. The molecular weight excluding hydrogens is 368 g/mol. The zero-order chi connectivity index (χ0) is 21.8. The molecule has 2 nitrogen and oxygen atoms in total. The first-order chi connectivity index (χ1) is 14.5. The second-order valence-corrected chi connectivity index (χ2v) is 8.97. The van der Waals surface area contributed by atoms with Crippen molar-refractivity contribution in [3.8, 4) is 11.5 Å². The van der Waals surface area contributed by atoms with Gasteiger partial charge in [0, 0.05) is 5.92 Å². The van der Waals surface area contributed by atoms with E-state index in [9.17, 15) is 10.2 Å². The average molecular weight is 411 g/mol. The minimum Gasteiger partial charge on any atom is -0.508 e. The molecule has 2 aromatic rings. The largest absolute Gasteiger partial charge is 0.508 e. The summed E-state index contributed by atoms with van der Waals surface area (Å²) in [6.07, 6.45) is 16.0. The SMILES string of the molecule is CCCCCCCCCCCCCC(c1ccc(O)c(C)c1)c1ccc(O)c(C)c1. The van der Waals surface area contributed by atoms with Gasteiger partial charge in [-0.3, -0.25) is 0 Å². The van der Waals surface area contributed by atoms with Crippen LogP contribution in [0.4, 0.5) is 0 Å². The highest BCUT2D eigenvalue weighted by Gasteiger charge is 2.16. The molecule has 0 heterocycles. The topological polar surface area (TPSA) is 40.5 Å². The number of hydrogen-bond donors (Lipinski definition) is 2. The highest BCUT2D eigenvalue weighted by Crippen LogP contribution is 2.34. The van der Waals surface area contributed by atoms with Crippen molar-refractivity contribution in [1.82, 2.24) is 0 Å². The summed E-state index contributed by atoms with van der Waals surface area (Å²) in [6.45, 7) is 6.19. The first kappa shape index (κ1) is 24.3. The molecule has 0 aromatic heterocycles. The van der Waals surface area contributed by atoms with E-state index in [1.807, 2.05) is 38.1 Å². The molecule has 2 heteroatoms. The maximum atomic E-state index is 9.92. The monoisotopic (exact) mass is 410 g/mol. The smallest absolute Gasteiger partial charge is 0.118 e. The Balaban J connectivity index is 1.84. The molecule has 0 aliphatic heterocycles. The van der Waals surface area contributed by atoms with Crippen molar-refractivity contribution >= 4 is 0 Å². The van der Waals surface area contributed by atoms with Gasteiger partial charge in [0.2, 0.25) is 0 Å². The third-order valence-electron chi connectivity index (χ3n) is 6.34. The number of rotatable bonds is 14. The fraction of sp³-hybridized carbons (Fsp3) is 0.571. The van der Waals surface area contributed by atoms with E-state index in [0.29, 0.717) is 17.4 Å². The third kappa shape index (κ3) is 8.05. The van der Waals surface area contributed by atoms with Crippen molar-refractivity contribution in [3.63, 3.8) is 0 Å². The van der Waals surface area contributed by atoms with Gasteiger partial charge < -0.3 is 10.2 Å². The van der Waals surface area contributed by atoms with Crippen LogP contribution in [0.5, 0.6) is 11.5 Å². The highest BCUT2D eigenvalue weighted by atomic mass is 16.3. The quantitative estimate of drug-likeness (QED) is 0.306. The molecular formula is C28H42O2. The van der Waals surface area contributed by atoms with Crippen LogP contribution in [-0.4, -0.2) is 10.2 Å². The molecule has 2 aromatic carbocycles. The van der Waals surface area contributed by atoms with E-state index in [-0.39, 0.29) is 0 Å². The fourth-order valence-electron chi connectivity index (χ4n) is 4.33. The Hall–Kier alpha value is -1.96. The van der Waals surface area contributed by atoms with Crippen molar-refractivity contribution in [1.29, 1.82) is 0 Å². The summed E-state index contributed by atoms with van der Waals surface area (Å²) in [7, 11) is 0. The molecule has 0 aliphatic carbocycles. The van der Waals surface area contributed by atoms with Crippen LogP contribution in [0.3, 0.4) is 0 Å². The molecule has 166 valence electrons. The number of aromatic hydroxyl groups is 2.